The maximum atomic E-state index is 12.8. The molecule has 1 aliphatic rings. The Hall–Kier alpha value is -0.930. The molecule has 0 spiro atoms. The van der Waals surface area contributed by atoms with E-state index in [9.17, 15) is 4.39 Å². The quantitative estimate of drug-likeness (QED) is 0.811. The standard InChI is InChI=1S/C12H17FN2/c1-14-9-12(15-7-2-8-15)10-3-5-11(13)6-4-10/h3-6,12,14H,2,7-9H2,1H3. The van der Waals surface area contributed by atoms with E-state index in [2.05, 4.69) is 10.2 Å². The van der Waals surface area contributed by atoms with E-state index in [-0.39, 0.29) is 5.82 Å². The number of benzene rings is 1. The molecule has 0 radical (unpaired) electrons. The molecular formula is C12H17FN2. The molecule has 15 heavy (non-hydrogen) atoms. The number of nitrogens with one attached hydrogen (secondary N) is 1. The molecule has 0 amide bonds. The minimum atomic E-state index is -0.162. The lowest BCUT2D eigenvalue weighted by Crippen LogP contribution is -2.43. The van der Waals surface area contributed by atoms with Crippen molar-refractivity contribution >= 4 is 0 Å². The molecule has 0 saturated carbocycles. The summed E-state index contributed by atoms with van der Waals surface area (Å²) < 4.78 is 12.8. The molecule has 1 heterocycles. The molecule has 3 heteroatoms. The Labute approximate surface area is 90.1 Å². The number of halogens is 1. The molecule has 82 valence electrons. The van der Waals surface area contributed by atoms with Crippen LogP contribution in [0, 0.1) is 5.82 Å². The van der Waals surface area contributed by atoms with Crippen molar-refractivity contribution in [2.24, 2.45) is 0 Å². The smallest absolute Gasteiger partial charge is 0.123 e. The first-order chi connectivity index (χ1) is 7.31. The van der Waals surface area contributed by atoms with Gasteiger partial charge < -0.3 is 5.32 Å². The maximum absolute atomic E-state index is 12.8. The van der Waals surface area contributed by atoms with Gasteiger partial charge in [-0.05, 0) is 31.2 Å². The Morgan fingerprint density at radius 3 is 2.47 bits per heavy atom. The van der Waals surface area contributed by atoms with Crippen LogP contribution in [0.2, 0.25) is 0 Å². The first kappa shape index (κ1) is 10.6. The maximum Gasteiger partial charge on any atom is 0.123 e. The Morgan fingerprint density at radius 2 is 2.00 bits per heavy atom. The van der Waals surface area contributed by atoms with Gasteiger partial charge in [-0.3, -0.25) is 4.90 Å². The summed E-state index contributed by atoms with van der Waals surface area (Å²) in [5.41, 5.74) is 1.20. The lowest BCUT2D eigenvalue weighted by atomic mass is 10.0. The van der Waals surface area contributed by atoms with Crippen LogP contribution in [0.25, 0.3) is 0 Å². The highest BCUT2D eigenvalue weighted by molar-refractivity contribution is 5.21. The Morgan fingerprint density at radius 1 is 1.33 bits per heavy atom. The van der Waals surface area contributed by atoms with Crippen LogP contribution in [0.3, 0.4) is 0 Å². The van der Waals surface area contributed by atoms with Crippen molar-refractivity contribution in [3.8, 4) is 0 Å². The summed E-state index contributed by atoms with van der Waals surface area (Å²) in [6.07, 6.45) is 1.28. The summed E-state index contributed by atoms with van der Waals surface area (Å²) in [7, 11) is 1.95. The van der Waals surface area contributed by atoms with E-state index in [0.29, 0.717) is 6.04 Å². The molecule has 1 N–H and O–H groups in total. The summed E-state index contributed by atoms with van der Waals surface area (Å²) in [4.78, 5) is 2.42. The molecule has 0 aromatic heterocycles. The van der Waals surface area contributed by atoms with Crippen molar-refractivity contribution in [1.29, 1.82) is 0 Å². The number of nitrogens with zero attached hydrogens (tertiary/aromatic N) is 1. The molecule has 1 unspecified atom stereocenters. The van der Waals surface area contributed by atoms with Crippen LogP contribution in [0.15, 0.2) is 24.3 Å². The molecule has 1 atom stereocenters. The number of hydrogen-bond donors (Lipinski definition) is 1. The third-order valence-electron chi connectivity index (χ3n) is 2.98. The Balaban J connectivity index is 2.12. The Kier molecular flexibility index (Phi) is 3.34. The zero-order valence-corrected chi connectivity index (χ0v) is 9.04. The van der Waals surface area contributed by atoms with E-state index in [1.54, 1.807) is 0 Å². The minimum absolute atomic E-state index is 0.162. The molecule has 1 aromatic carbocycles. The molecule has 1 aromatic rings. The van der Waals surface area contributed by atoms with Gasteiger partial charge in [0.05, 0.1) is 0 Å². The molecule has 2 rings (SSSR count). The van der Waals surface area contributed by atoms with E-state index in [1.807, 2.05) is 19.2 Å². The average molecular weight is 208 g/mol. The van der Waals surface area contributed by atoms with Gasteiger partial charge in [-0.25, -0.2) is 4.39 Å². The minimum Gasteiger partial charge on any atom is -0.318 e. The summed E-state index contributed by atoms with van der Waals surface area (Å²) in [6.45, 7) is 3.24. The molecule has 2 nitrogen and oxygen atoms in total. The zero-order valence-electron chi connectivity index (χ0n) is 9.04. The SMILES string of the molecule is CNCC(c1ccc(F)cc1)N1CCC1. The fourth-order valence-electron chi connectivity index (χ4n) is 1.99. The summed E-state index contributed by atoms with van der Waals surface area (Å²) >= 11 is 0. The third kappa shape index (κ3) is 2.36. The topological polar surface area (TPSA) is 15.3 Å². The number of likely N-dealkylation sites (tertiary alicyclic amines) is 1. The van der Waals surface area contributed by atoms with Crippen molar-refractivity contribution < 1.29 is 4.39 Å². The van der Waals surface area contributed by atoms with Crippen molar-refractivity contribution in [3.05, 3.63) is 35.6 Å². The predicted octanol–water partition coefficient (Wildman–Crippen LogP) is 1.79. The van der Waals surface area contributed by atoms with Crippen molar-refractivity contribution in [2.75, 3.05) is 26.7 Å². The van der Waals surface area contributed by atoms with Gasteiger partial charge in [-0.15, -0.1) is 0 Å². The molecular weight excluding hydrogens is 191 g/mol. The molecule has 0 aliphatic carbocycles. The lowest BCUT2D eigenvalue weighted by molar-refractivity contribution is 0.117. The second-order valence-electron chi connectivity index (χ2n) is 4.01. The van der Waals surface area contributed by atoms with Gasteiger partial charge in [0.2, 0.25) is 0 Å². The van der Waals surface area contributed by atoms with Crippen LogP contribution in [0.1, 0.15) is 18.0 Å². The van der Waals surface area contributed by atoms with Crippen LogP contribution in [-0.2, 0) is 0 Å². The fraction of sp³-hybridized carbons (Fsp3) is 0.500. The molecule has 0 bridgehead atoms. The number of hydrogen-bond acceptors (Lipinski definition) is 2. The molecule has 1 saturated heterocycles. The fourth-order valence-corrected chi connectivity index (χ4v) is 1.99. The number of rotatable bonds is 4. The largest absolute Gasteiger partial charge is 0.318 e. The van der Waals surface area contributed by atoms with Gasteiger partial charge in [0.25, 0.3) is 0 Å². The van der Waals surface area contributed by atoms with Gasteiger partial charge in [-0.2, -0.15) is 0 Å². The van der Waals surface area contributed by atoms with E-state index >= 15 is 0 Å². The highest BCUT2D eigenvalue weighted by Crippen LogP contribution is 2.25. The monoisotopic (exact) mass is 208 g/mol. The van der Waals surface area contributed by atoms with Gasteiger partial charge in [-0.1, -0.05) is 12.1 Å². The summed E-state index contributed by atoms with van der Waals surface area (Å²) in [5.74, 6) is -0.162. The third-order valence-corrected chi connectivity index (χ3v) is 2.98. The zero-order chi connectivity index (χ0) is 10.7. The molecule has 1 aliphatic heterocycles. The highest BCUT2D eigenvalue weighted by atomic mass is 19.1. The second-order valence-corrected chi connectivity index (χ2v) is 4.01. The second kappa shape index (κ2) is 4.73. The number of likely N-dealkylation sites (N-methyl/N-ethyl adjacent to an activating group) is 1. The van der Waals surface area contributed by atoms with Crippen LogP contribution < -0.4 is 5.32 Å². The lowest BCUT2D eigenvalue weighted by Gasteiger charge is -2.38. The Bertz CT molecular complexity index is 306. The van der Waals surface area contributed by atoms with Crippen LogP contribution in [0.4, 0.5) is 4.39 Å². The van der Waals surface area contributed by atoms with Gasteiger partial charge in [0.1, 0.15) is 5.82 Å². The van der Waals surface area contributed by atoms with Crippen molar-refractivity contribution in [1.82, 2.24) is 10.2 Å². The van der Waals surface area contributed by atoms with Gasteiger partial charge in [0.15, 0.2) is 0 Å². The van der Waals surface area contributed by atoms with Crippen LogP contribution >= 0.6 is 0 Å². The van der Waals surface area contributed by atoms with Crippen molar-refractivity contribution in [3.63, 3.8) is 0 Å². The van der Waals surface area contributed by atoms with Gasteiger partial charge in [0, 0.05) is 25.7 Å². The van der Waals surface area contributed by atoms with Crippen molar-refractivity contribution in [2.45, 2.75) is 12.5 Å². The highest BCUT2D eigenvalue weighted by Gasteiger charge is 2.24. The predicted molar refractivity (Wildman–Crippen MR) is 59.3 cm³/mol. The first-order valence-electron chi connectivity index (χ1n) is 5.45. The van der Waals surface area contributed by atoms with Crippen LogP contribution in [0.5, 0.6) is 0 Å². The first-order valence-corrected chi connectivity index (χ1v) is 5.45. The van der Waals surface area contributed by atoms with E-state index < -0.39 is 0 Å². The van der Waals surface area contributed by atoms with Gasteiger partial charge >= 0.3 is 0 Å². The summed E-state index contributed by atoms with van der Waals surface area (Å²) in [6, 6.07) is 7.24. The van der Waals surface area contributed by atoms with E-state index in [0.717, 1.165) is 19.6 Å². The average Bonchev–Trinajstić information content (AvgIpc) is 2.16. The normalized spacial score (nSPS) is 18.5. The van der Waals surface area contributed by atoms with Crippen LogP contribution in [-0.4, -0.2) is 31.6 Å². The summed E-state index contributed by atoms with van der Waals surface area (Å²) in [5, 5.41) is 3.19. The van der Waals surface area contributed by atoms with E-state index in [1.165, 1.54) is 24.1 Å². The van der Waals surface area contributed by atoms with E-state index in [4.69, 9.17) is 0 Å². The molecule has 1 fully saturated rings.